The van der Waals surface area contributed by atoms with Crippen LogP contribution in [-0.2, 0) is 21.2 Å². The molecule has 47 heavy (non-hydrogen) atoms. The molecule has 1 unspecified atom stereocenters. The minimum atomic E-state index is -4.10. The smallest absolute Gasteiger partial charge is 0.269 e. The van der Waals surface area contributed by atoms with Crippen molar-refractivity contribution in [3.8, 4) is 5.75 Å². The van der Waals surface area contributed by atoms with Crippen molar-refractivity contribution in [2.45, 2.75) is 50.3 Å². The molecule has 4 N–H and O–H groups in total. The van der Waals surface area contributed by atoms with Gasteiger partial charge < -0.3 is 25.9 Å². The number of aromatic nitrogens is 3. The maximum absolute atomic E-state index is 14.7. The molecule has 2 aromatic heterocycles. The summed E-state index contributed by atoms with van der Waals surface area (Å²) in [5.74, 6) is -0.858. The lowest BCUT2D eigenvalue weighted by Gasteiger charge is -2.17. The van der Waals surface area contributed by atoms with Gasteiger partial charge in [-0.1, -0.05) is 23.8 Å². The van der Waals surface area contributed by atoms with Crippen molar-refractivity contribution < 1.29 is 27.1 Å². The molecule has 1 aliphatic rings. The molecule has 0 saturated heterocycles. The summed E-state index contributed by atoms with van der Waals surface area (Å²) in [6.07, 6.45) is 4.33. The molecule has 5 aromatic rings. The Bertz CT molecular complexity index is 2150. The first-order chi connectivity index (χ1) is 22.5. The number of ketones is 1. The number of rotatable bonds is 11. The van der Waals surface area contributed by atoms with E-state index in [9.17, 15) is 22.4 Å². The summed E-state index contributed by atoms with van der Waals surface area (Å²) in [6.45, 7) is 3.44. The Labute approximate surface area is 271 Å². The van der Waals surface area contributed by atoms with Crippen LogP contribution >= 0.6 is 0 Å². The SMILES string of the molecule is COc1cc2c(cc1Nc1nc(Nc3cccc(F)c3C(N)=O)c3ccn(S(=O)(=O)c4ccc(C)cc4)c3n1)C(CCC(C)=O)CC2. The first-order valence-corrected chi connectivity index (χ1v) is 16.4. The van der Waals surface area contributed by atoms with E-state index in [1.54, 1.807) is 26.2 Å². The minimum Gasteiger partial charge on any atom is -0.495 e. The Kier molecular flexibility index (Phi) is 8.41. The molecule has 11 nitrogen and oxygen atoms in total. The average Bonchev–Trinajstić information content (AvgIpc) is 3.64. The Morgan fingerprint density at radius 1 is 1.06 bits per heavy atom. The van der Waals surface area contributed by atoms with E-state index < -0.39 is 21.7 Å². The fourth-order valence-electron chi connectivity index (χ4n) is 5.95. The number of benzene rings is 3. The highest BCUT2D eigenvalue weighted by Gasteiger charge is 2.27. The van der Waals surface area contributed by atoms with E-state index in [4.69, 9.17) is 10.5 Å². The number of carbonyl (C=O) groups is 2. The summed E-state index contributed by atoms with van der Waals surface area (Å²) < 4.78 is 49.1. The molecule has 1 atom stereocenters. The second kappa shape index (κ2) is 12.5. The highest BCUT2D eigenvalue weighted by molar-refractivity contribution is 7.90. The number of primary amides is 1. The molecule has 6 rings (SSSR count). The van der Waals surface area contributed by atoms with Gasteiger partial charge >= 0.3 is 0 Å². The van der Waals surface area contributed by atoms with Crippen LogP contribution in [0, 0.1) is 12.7 Å². The Hall–Kier alpha value is -5.30. The number of nitrogens with one attached hydrogen (secondary N) is 2. The maximum atomic E-state index is 14.7. The van der Waals surface area contributed by atoms with Crippen LogP contribution < -0.4 is 21.1 Å². The fraction of sp³-hybridized carbons (Fsp3) is 0.235. The molecule has 13 heteroatoms. The van der Waals surface area contributed by atoms with E-state index in [1.807, 2.05) is 19.1 Å². The molecule has 1 amide bonds. The third-order valence-corrected chi connectivity index (χ3v) is 10.0. The zero-order valence-electron chi connectivity index (χ0n) is 26.0. The number of methoxy groups -OCH3 is 1. The lowest BCUT2D eigenvalue weighted by atomic mass is 9.94. The number of ether oxygens (including phenoxy) is 1. The minimum absolute atomic E-state index is 0.00705. The van der Waals surface area contributed by atoms with E-state index in [0.29, 0.717) is 17.9 Å². The van der Waals surface area contributed by atoms with Crippen LogP contribution in [0.25, 0.3) is 11.0 Å². The lowest BCUT2D eigenvalue weighted by molar-refractivity contribution is -0.117. The van der Waals surface area contributed by atoms with Crippen molar-refractivity contribution >= 4 is 55.9 Å². The third kappa shape index (κ3) is 6.13. The summed E-state index contributed by atoms with van der Waals surface area (Å²) in [5, 5.41) is 6.46. The highest BCUT2D eigenvalue weighted by atomic mass is 32.2. The van der Waals surface area contributed by atoms with Crippen molar-refractivity contribution in [2.24, 2.45) is 5.73 Å². The molecular formula is C34H33FN6O5S. The van der Waals surface area contributed by atoms with Crippen LogP contribution in [0.2, 0.25) is 0 Å². The zero-order valence-corrected chi connectivity index (χ0v) is 26.8. The molecule has 242 valence electrons. The molecule has 2 heterocycles. The number of carbonyl (C=O) groups excluding carboxylic acids is 2. The van der Waals surface area contributed by atoms with Gasteiger partial charge in [0.25, 0.3) is 15.9 Å². The number of halogens is 1. The van der Waals surface area contributed by atoms with E-state index in [-0.39, 0.29) is 50.6 Å². The van der Waals surface area contributed by atoms with Crippen molar-refractivity contribution in [3.05, 3.63) is 94.9 Å². The Morgan fingerprint density at radius 2 is 1.83 bits per heavy atom. The van der Waals surface area contributed by atoms with Gasteiger partial charge in [-0.3, -0.25) is 4.79 Å². The molecule has 0 radical (unpaired) electrons. The third-order valence-electron chi connectivity index (χ3n) is 8.36. The van der Waals surface area contributed by atoms with Gasteiger partial charge in [-0.15, -0.1) is 0 Å². The molecule has 0 bridgehead atoms. The highest BCUT2D eigenvalue weighted by Crippen LogP contribution is 2.42. The topological polar surface area (TPSA) is 158 Å². The number of Topliss-reactive ketones (excluding diaryl/α,β-unsaturated/α-hetero) is 1. The van der Waals surface area contributed by atoms with E-state index in [0.717, 1.165) is 46.0 Å². The lowest BCUT2D eigenvalue weighted by Crippen LogP contribution is -2.16. The number of aryl methyl sites for hydroxylation is 2. The van der Waals surface area contributed by atoms with Crippen molar-refractivity contribution in [1.29, 1.82) is 0 Å². The number of hydrogen-bond acceptors (Lipinski definition) is 9. The summed E-state index contributed by atoms with van der Waals surface area (Å²) in [5.41, 5.74) is 8.84. The predicted octanol–water partition coefficient (Wildman–Crippen LogP) is 6.11. The van der Waals surface area contributed by atoms with Crippen LogP contribution in [0.5, 0.6) is 5.75 Å². The van der Waals surface area contributed by atoms with Crippen LogP contribution in [-0.4, -0.2) is 41.2 Å². The number of nitrogens with two attached hydrogens (primary N) is 1. The second-order valence-electron chi connectivity index (χ2n) is 11.6. The first-order valence-electron chi connectivity index (χ1n) is 15.0. The standard InChI is InChI=1S/C34H33FN6O5S/c1-19-7-13-23(14-8-19)47(44,45)41-16-15-24-32(37-27-6-4-5-26(35)30(27)31(36)43)39-34(40-33(24)41)38-28-18-25-21(10-9-20(2)42)11-12-22(25)17-29(28)46-3/h4-8,13-18,21H,9-12H2,1-3H3,(H2,36,43)(H2,37,38,39,40). The van der Waals surface area contributed by atoms with Crippen LogP contribution in [0.3, 0.4) is 0 Å². The van der Waals surface area contributed by atoms with Gasteiger partial charge in [0.15, 0.2) is 5.65 Å². The van der Waals surface area contributed by atoms with E-state index in [1.165, 1.54) is 36.5 Å². The monoisotopic (exact) mass is 656 g/mol. The van der Waals surface area contributed by atoms with E-state index in [2.05, 4.69) is 20.6 Å². The van der Waals surface area contributed by atoms with Crippen LogP contribution in [0.15, 0.2) is 71.8 Å². The predicted molar refractivity (Wildman–Crippen MR) is 177 cm³/mol. The molecular weight excluding hydrogens is 623 g/mol. The molecule has 0 aliphatic heterocycles. The van der Waals surface area contributed by atoms with Crippen molar-refractivity contribution in [2.75, 3.05) is 17.7 Å². The Morgan fingerprint density at radius 3 is 2.53 bits per heavy atom. The zero-order chi connectivity index (χ0) is 33.5. The molecule has 0 spiro atoms. The normalized spacial score (nSPS) is 14.2. The van der Waals surface area contributed by atoms with Crippen molar-refractivity contribution in [1.82, 2.24) is 13.9 Å². The van der Waals surface area contributed by atoms with Gasteiger partial charge in [-0.05, 0) is 92.6 Å². The molecule has 3 aromatic carbocycles. The van der Waals surface area contributed by atoms with Crippen LogP contribution in [0.1, 0.15) is 59.2 Å². The van der Waals surface area contributed by atoms with Gasteiger partial charge in [-0.25, -0.2) is 16.8 Å². The van der Waals surface area contributed by atoms with Crippen molar-refractivity contribution in [3.63, 3.8) is 0 Å². The van der Waals surface area contributed by atoms with Gasteiger partial charge in [0.05, 0.1) is 34.3 Å². The summed E-state index contributed by atoms with van der Waals surface area (Å²) >= 11 is 0. The number of hydrogen-bond donors (Lipinski definition) is 3. The quantitative estimate of drug-likeness (QED) is 0.153. The fourth-order valence-corrected chi connectivity index (χ4v) is 7.25. The Balaban J connectivity index is 1.49. The maximum Gasteiger partial charge on any atom is 0.269 e. The van der Waals surface area contributed by atoms with Gasteiger partial charge in [0.2, 0.25) is 5.95 Å². The molecule has 0 saturated carbocycles. The number of amides is 1. The average molecular weight is 657 g/mol. The summed E-state index contributed by atoms with van der Waals surface area (Å²) in [4.78, 5) is 33.2. The van der Waals surface area contributed by atoms with Gasteiger partial charge in [0, 0.05) is 12.6 Å². The van der Waals surface area contributed by atoms with E-state index >= 15 is 0 Å². The number of anilines is 4. The second-order valence-corrected chi connectivity index (χ2v) is 13.4. The summed E-state index contributed by atoms with van der Waals surface area (Å²) in [7, 11) is -2.56. The number of nitrogens with zero attached hydrogens (tertiary/aromatic N) is 3. The number of fused-ring (bicyclic) bond motifs is 2. The first kappa shape index (κ1) is 31.7. The van der Waals surface area contributed by atoms with Gasteiger partial charge in [-0.2, -0.15) is 9.97 Å². The van der Waals surface area contributed by atoms with Gasteiger partial charge in [0.1, 0.15) is 23.2 Å². The molecule has 1 aliphatic carbocycles. The molecule has 0 fully saturated rings. The van der Waals surface area contributed by atoms with Crippen LogP contribution in [0.4, 0.5) is 27.5 Å². The largest absolute Gasteiger partial charge is 0.495 e. The summed E-state index contributed by atoms with van der Waals surface area (Å²) in [6, 6.07) is 15.8.